The van der Waals surface area contributed by atoms with Crippen molar-refractivity contribution in [2.45, 2.75) is 11.8 Å². The van der Waals surface area contributed by atoms with Gasteiger partial charge in [0.05, 0.1) is 5.56 Å². The number of carbonyl (C=O) groups excluding carboxylic acids is 3. The van der Waals surface area contributed by atoms with E-state index in [1.54, 1.807) is 0 Å². The number of hydroxylamine groups is 2. The number of hydrogen-bond acceptors (Lipinski definition) is 6. The van der Waals surface area contributed by atoms with Crippen LogP contribution >= 0.6 is 0 Å². The molecular formula is C13H6F3N3O4. The lowest BCUT2D eigenvalue weighted by atomic mass is 10.0. The van der Waals surface area contributed by atoms with Crippen molar-refractivity contribution in [3.05, 3.63) is 47.5 Å². The molecule has 0 spiro atoms. The molecule has 1 aromatic carbocycles. The second-order valence-electron chi connectivity index (χ2n) is 4.63. The van der Waals surface area contributed by atoms with Crippen LogP contribution in [0.1, 0.15) is 15.9 Å². The number of halogens is 3. The summed E-state index contributed by atoms with van der Waals surface area (Å²) >= 11 is 0. The van der Waals surface area contributed by atoms with E-state index in [0.717, 1.165) is 36.4 Å². The van der Waals surface area contributed by atoms with Gasteiger partial charge in [0.15, 0.2) is 0 Å². The van der Waals surface area contributed by atoms with Crippen LogP contribution in [0.25, 0.3) is 0 Å². The van der Waals surface area contributed by atoms with Crippen molar-refractivity contribution in [1.82, 2.24) is 5.06 Å². The summed E-state index contributed by atoms with van der Waals surface area (Å²) in [6.07, 6.45) is -2.83. The van der Waals surface area contributed by atoms with Crippen LogP contribution in [0.2, 0.25) is 0 Å². The van der Waals surface area contributed by atoms with Crippen molar-refractivity contribution in [2.24, 2.45) is 10.2 Å². The van der Waals surface area contributed by atoms with Gasteiger partial charge in [-0.15, -0.1) is 10.2 Å². The summed E-state index contributed by atoms with van der Waals surface area (Å²) < 4.78 is 38.5. The molecule has 118 valence electrons. The molecule has 0 radical (unpaired) electrons. The fourth-order valence-corrected chi connectivity index (χ4v) is 1.89. The van der Waals surface area contributed by atoms with E-state index in [0.29, 0.717) is 0 Å². The van der Waals surface area contributed by atoms with Crippen LogP contribution in [0.3, 0.4) is 0 Å². The Bertz CT molecular complexity index is 744. The minimum Gasteiger partial charge on any atom is -0.324 e. The average Bonchev–Trinajstić information content (AvgIpc) is 3.26. The van der Waals surface area contributed by atoms with Gasteiger partial charge in [0.25, 0.3) is 11.8 Å². The molecule has 2 aliphatic heterocycles. The lowest BCUT2D eigenvalue weighted by molar-refractivity contribution is -0.171. The van der Waals surface area contributed by atoms with Gasteiger partial charge < -0.3 is 4.84 Å². The van der Waals surface area contributed by atoms with Crippen molar-refractivity contribution < 1.29 is 32.4 Å². The van der Waals surface area contributed by atoms with Gasteiger partial charge in [-0.3, -0.25) is 9.59 Å². The molecule has 0 atom stereocenters. The summed E-state index contributed by atoms with van der Waals surface area (Å²) in [4.78, 5) is 38.9. The van der Waals surface area contributed by atoms with E-state index >= 15 is 0 Å². The highest BCUT2D eigenvalue weighted by Crippen LogP contribution is 2.52. The van der Waals surface area contributed by atoms with Crippen molar-refractivity contribution in [3.8, 4) is 0 Å². The van der Waals surface area contributed by atoms with Gasteiger partial charge in [-0.05, 0) is 12.1 Å². The second kappa shape index (κ2) is 4.73. The molecule has 1 aromatic rings. The number of amides is 2. The molecular weight excluding hydrogens is 319 g/mol. The second-order valence-corrected chi connectivity index (χ2v) is 4.63. The third kappa shape index (κ3) is 2.37. The number of imide groups is 1. The van der Waals surface area contributed by atoms with Crippen molar-refractivity contribution in [2.75, 3.05) is 0 Å². The molecule has 0 fully saturated rings. The zero-order chi connectivity index (χ0) is 16.8. The summed E-state index contributed by atoms with van der Waals surface area (Å²) in [7, 11) is 0. The molecule has 0 saturated carbocycles. The molecule has 2 amide bonds. The molecule has 10 heteroatoms. The molecule has 0 aliphatic carbocycles. The van der Waals surface area contributed by atoms with Gasteiger partial charge in [0, 0.05) is 17.7 Å². The van der Waals surface area contributed by atoms with Crippen LogP contribution in [0.4, 0.5) is 13.2 Å². The molecule has 23 heavy (non-hydrogen) atoms. The van der Waals surface area contributed by atoms with Gasteiger partial charge in [0.2, 0.25) is 0 Å². The highest BCUT2D eigenvalue weighted by molar-refractivity contribution is 6.12. The first-order valence-corrected chi connectivity index (χ1v) is 6.14. The Morgan fingerprint density at radius 2 is 1.57 bits per heavy atom. The van der Waals surface area contributed by atoms with Crippen LogP contribution in [-0.2, 0) is 20.1 Å². The van der Waals surface area contributed by atoms with Crippen molar-refractivity contribution in [3.63, 3.8) is 0 Å². The van der Waals surface area contributed by atoms with Gasteiger partial charge in [0.1, 0.15) is 0 Å². The Hall–Kier alpha value is -3.04. The SMILES string of the molecule is O=C(ON1C(=O)C=CC1=O)c1ccc(C2(C(F)(F)F)N=N2)cc1. The van der Waals surface area contributed by atoms with Gasteiger partial charge >= 0.3 is 17.8 Å². The van der Waals surface area contributed by atoms with E-state index in [1.165, 1.54) is 0 Å². The topological polar surface area (TPSA) is 88.4 Å². The zero-order valence-corrected chi connectivity index (χ0v) is 11.1. The summed E-state index contributed by atoms with van der Waals surface area (Å²) in [5.74, 6) is -2.72. The monoisotopic (exact) mass is 325 g/mol. The first-order valence-electron chi connectivity index (χ1n) is 6.14. The molecule has 0 unspecified atom stereocenters. The van der Waals surface area contributed by atoms with Crippen LogP contribution in [-0.4, -0.2) is 29.0 Å². The fraction of sp³-hybridized carbons (Fsp3) is 0.154. The quantitative estimate of drug-likeness (QED) is 0.794. The number of hydrogen-bond donors (Lipinski definition) is 0. The smallest absolute Gasteiger partial charge is 0.324 e. The number of nitrogens with zero attached hydrogens (tertiary/aromatic N) is 3. The van der Waals surface area contributed by atoms with E-state index in [-0.39, 0.29) is 16.2 Å². The van der Waals surface area contributed by atoms with Crippen molar-refractivity contribution in [1.29, 1.82) is 0 Å². The van der Waals surface area contributed by atoms with Crippen molar-refractivity contribution >= 4 is 17.8 Å². The van der Waals surface area contributed by atoms with Crippen LogP contribution < -0.4 is 0 Å². The average molecular weight is 325 g/mol. The minimum atomic E-state index is -4.67. The Morgan fingerprint density at radius 3 is 2.00 bits per heavy atom. The Balaban J connectivity index is 1.74. The molecule has 3 rings (SSSR count). The molecule has 0 aromatic heterocycles. The maximum absolute atomic E-state index is 12.8. The standard InChI is InChI=1S/C13H6F3N3O4/c14-13(15,16)12(17-18-12)8-3-1-7(2-4-8)11(22)23-19-9(20)5-6-10(19)21/h1-6H. The molecule has 0 bridgehead atoms. The highest BCUT2D eigenvalue weighted by atomic mass is 19.4. The first-order chi connectivity index (χ1) is 10.7. The van der Waals surface area contributed by atoms with E-state index in [4.69, 9.17) is 0 Å². The largest absolute Gasteiger partial charge is 0.442 e. The van der Waals surface area contributed by atoms with E-state index in [9.17, 15) is 27.6 Å². The molecule has 0 saturated heterocycles. The Kier molecular flexibility index (Phi) is 3.06. The summed E-state index contributed by atoms with van der Waals surface area (Å²) in [5, 5.41) is 6.31. The Morgan fingerprint density at radius 1 is 1.04 bits per heavy atom. The van der Waals surface area contributed by atoms with E-state index in [2.05, 4.69) is 15.1 Å². The van der Waals surface area contributed by atoms with Gasteiger partial charge in [-0.1, -0.05) is 17.2 Å². The lowest BCUT2D eigenvalue weighted by Crippen LogP contribution is -2.33. The van der Waals surface area contributed by atoms with Gasteiger partial charge in [-0.2, -0.15) is 13.2 Å². The van der Waals surface area contributed by atoms with Gasteiger partial charge in [-0.25, -0.2) is 4.79 Å². The number of rotatable bonds is 3. The normalized spacial score (nSPS) is 18.5. The molecule has 2 heterocycles. The minimum absolute atomic E-state index is 0.140. The van der Waals surface area contributed by atoms with Crippen LogP contribution in [0, 0.1) is 0 Å². The highest BCUT2D eigenvalue weighted by Gasteiger charge is 2.65. The predicted molar refractivity (Wildman–Crippen MR) is 65.4 cm³/mol. The number of alkyl halides is 3. The zero-order valence-electron chi connectivity index (χ0n) is 11.1. The third-order valence-corrected chi connectivity index (χ3v) is 3.16. The van der Waals surface area contributed by atoms with Crippen LogP contribution in [0.15, 0.2) is 46.6 Å². The van der Waals surface area contributed by atoms with E-state index in [1.807, 2.05) is 0 Å². The maximum atomic E-state index is 12.8. The maximum Gasteiger partial charge on any atom is 0.442 e. The third-order valence-electron chi connectivity index (χ3n) is 3.16. The predicted octanol–water partition coefficient (Wildman–Crippen LogP) is 1.86. The number of benzene rings is 1. The first kappa shape index (κ1) is 14.9. The molecule has 2 aliphatic rings. The summed E-state index contributed by atoms with van der Waals surface area (Å²) in [6, 6.07) is 4.17. The summed E-state index contributed by atoms with van der Waals surface area (Å²) in [6.45, 7) is 0. The Labute approximate surface area is 126 Å². The van der Waals surface area contributed by atoms with Crippen LogP contribution in [0.5, 0.6) is 0 Å². The summed E-state index contributed by atoms with van der Waals surface area (Å²) in [5.41, 5.74) is -2.98. The number of carbonyl (C=O) groups is 3. The van der Waals surface area contributed by atoms with E-state index < -0.39 is 29.6 Å². The molecule has 7 nitrogen and oxygen atoms in total. The molecule has 0 N–H and O–H groups in total. The fourth-order valence-electron chi connectivity index (χ4n) is 1.89. The lowest BCUT2D eigenvalue weighted by Gasteiger charge is -2.15.